The van der Waals surface area contributed by atoms with Gasteiger partial charge in [-0.3, -0.25) is 0 Å². The van der Waals surface area contributed by atoms with Crippen molar-refractivity contribution in [3.8, 4) is 0 Å². The Bertz CT molecular complexity index is 576. The lowest BCUT2D eigenvalue weighted by Crippen LogP contribution is -2.59. The second kappa shape index (κ2) is 7.21. The molecule has 2 fully saturated rings. The number of piperidine rings is 1. The predicted octanol–water partition coefficient (Wildman–Crippen LogP) is 1.89. The van der Waals surface area contributed by atoms with Crippen molar-refractivity contribution in [1.82, 2.24) is 10.2 Å². The van der Waals surface area contributed by atoms with Gasteiger partial charge < -0.3 is 20.1 Å². The molecule has 3 rings (SSSR count). The van der Waals surface area contributed by atoms with Gasteiger partial charge in [-0.1, -0.05) is 30.3 Å². The number of carbonyl (C=O) groups is 2. The minimum Gasteiger partial charge on any atom is -0.479 e. The second-order valence-electron chi connectivity index (χ2n) is 6.74. The molecule has 0 saturated carbocycles. The summed E-state index contributed by atoms with van der Waals surface area (Å²) in [5, 5.41) is 12.1. The largest absolute Gasteiger partial charge is 0.479 e. The summed E-state index contributed by atoms with van der Waals surface area (Å²) in [6.07, 6.45) is 3.24. The zero-order valence-corrected chi connectivity index (χ0v) is 13.7. The molecule has 2 N–H and O–H groups in total. The predicted molar refractivity (Wildman–Crippen MR) is 88.8 cm³/mol. The molecule has 2 heterocycles. The number of nitrogens with one attached hydrogen (secondary N) is 1. The molecular formula is C18H24N2O4. The Hall–Kier alpha value is -2.08. The number of amides is 2. The van der Waals surface area contributed by atoms with Gasteiger partial charge in [0.05, 0.1) is 6.61 Å². The summed E-state index contributed by atoms with van der Waals surface area (Å²) in [6, 6.07) is 10.1. The maximum absolute atomic E-state index is 12.4. The molecule has 2 saturated heterocycles. The molecule has 0 bridgehead atoms. The molecule has 130 valence electrons. The first-order chi connectivity index (χ1) is 11.6. The number of hydrogen-bond acceptors (Lipinski definition) is 3. The van der Waals surface area contributed by atoms with Crippen molar-refractivity contribution < 1.29 is 19.4 Å². The van der Waals surface area contributed by atoms with E-state index in [1.807, 2.05) is 18.2 Å². The van der Waals surface area contributed by atoms with E-state index in [-0.39, 0.29) is 12.6 Å². The number of carboxylic acids is 1. The number of nitrogens with zero attached hydrogens (tertiary/aromatic N) is 1. The molecule has 1 aromatic carbocycles. The maximum atomic E-state index is 12.4. The van der Waals surface area contributed by atoms with Crippen LogP contribution in [0.1, 0.15) is 24.8 Å². The van der Waals surface area contributed by atoms with Gasteiger partial charge in [-0.25, -0.2) is 9.59 Å². The highest BCUT2D eigenvalue weighted by Crippen LogP contribution is 2.23. The quantitative estimate of drug-likeness (QED) is 0.882. The number of rotatable bonds is 4. The number of urea groups is 1. The third kappa shape index (κ3) is 3.70. The van der Waals surface area contributed by atoms with Gasteiger partial charge >= 0.3 is 12.0 Å². The highest BCUT2D eigenvalue weighted by Gasteiger charge is 2.44. The Morgan fingerprint density at radius 2 is 1.96 bits per heavy atom. The summed E-state index contributed by atoms with van der Waals surface area (Å²) in [5.74, 6) is -0.452. The molecule has 2 aliphatic rings. The molecule has 2 aliphatic heterocycles. The Kier molecular flexibility index (Phi) is 5.04. The third-order valence-electron chi connectivity index (χ3n) is 5.05. The molecule has 24 heavy (non-hydrogen) atoms. The summed E-state index contributed by atoms with van der Waals surface area (Å²) in [7, 11) is 0. The fraction of sp³-hybridized carbons (Fsp3) is 0.556. The third-order valence-corrected chi connectivity index (χ3v) is 5.05. The Morgan fingerprint density at radius 1 is 1.25 bits per heavy atom. The minimum atomic E-state index is -1.27. The molecule has 0 radical (unpaired) electrons. The van der Waals surface area contributed by atoms with Crippen LogP contribution in [0.5, 0.6) is 0 Å². The van der Waals surface area contributed by atoms with Crippen LogP contribution in [0.2, 0.25) is 0 Å². The van der Waals surface area contributed by atoms with Gasteiger partial charge in [0.1, 0.15) is 0 Å². The van der Waals surface area contributed by atoms with Crippen molar-refractivity contribution in [3.63, 3.8) is 0 Å². The van der Waals surface area contributed by atoms with Crippen molar-refractivity contribution in [1.29, 1.82) is 0 Å². The summed E-state index contributed by atoms with van der Waals surface area (Å²) in [6.45, 7) is 1.74. The van der Waals surface area contributed by atoms with E-state index in [4.69, 9.17) is 4.74 Å². The molecule has 1 atom stereocenters. The van der Waals surface area contributed by atoms with E-state index < -0.39 is 11.5 Å². The van der Waals surface area contributed by atoms with Crippen molar-refractivity contribution in [2.45, 2.75) is 31.2 Å². The van der Waals surface area contributed by atoms with Crippen LogP contribution in [0.15, 0.2) is 30.3 Å². The highest BCUT2D eigenvalue weighted by molar-refractivity contribution is 5.86. The lowest BCUT2D eigenvalue weighted by Gasteiger charge is -2.34. The van der Waals surface area contributed by atoms with E-state index in [0.717, 1.165) is 19.3 Å². The molecule has 1 aromatic rings. The molecular weight excluding hydrogens is 308 g/mol. The van der Waals surface area contributed by atoms with E-state index in [9.17, 15) is 14.7 Å². The minimum absolute atomic E-state index is 0.0402. The Morgan fingerprint density at radius 3 is 2.54 bits per heavy atom. The van der Waals surface area contributed by atoms with Crippen LogP contribution in [-0.2, 0) is 16.0 Å². The standard InChI is InChI=1S/C18H24N2O4/c21-16(22)18(8-11-24-13-18)19-17(23)20-9-6-15(7-10-20)12-14-4-2-1-3-5-14/h1-5,15H,6-13H2,(H,19,23)(H,21,22). The first kappa shape index (κ1) is 16.8. The van der Waals surface area contributed by atoms with Gasteiger partial charge in [0, 0.05) is 26.1 Å². The number of ether oxygens (including phenoxy) is 1. The van der Waals surface area contributed by atoms with Crippen LogP contribution in [-0.4, -0.2) is 53.8 Å². The first-order valence-electron chi connectivity index (χ1n) is 8.51. The molecule has 0 aromatic heterocycles. The van der Waals surface area contributed by atoms with Gasteiger partial charge in [-0.2, -0.15) is 0 Å². The Balaban J connectivity index is 1.51. The molecule has 6 nitrogen and oxygen atoms in total. The summed E-state index contributed by atoms with van der Waals surface area (Å²) in [4.78, 5) is 25.6. The van der Waals surface area contributed by atoms with E-state index in [0.29, 0.717) is 32.0 Å². The summed E-state index contributed by atoms with van der Waals surface area (Å²) >= 11 is 0. The van der Waals surface area contributed by atoms with Gasteiger partial charge in [-0.05, 0) is 30.7 Å². The summed E-state index contributed by atoms with van der Waals surface area (Å²) < 4.78 is 5.18. The Labute approximate surface area is 141 Å². The number of likely N-dealkylation sites (tertiary alicyclic amines) is 1. The van der Waals surface area contributed by atoms with Gasteiger partial charge in [-0.15, -0.1) is 0 Å². The molecule has 1 unspecified atom stereocenters. The fourth-order valence-corrected chi connectivity index (χ4v) is 3.46. The number of benzene rings is 1. The van der Waals surface area contributed by atoms with Gasteiger partial charge in [0.2, 0.25) is 0 Å². The van der Waals surface area contributed by atoms with Crippen molar-refractivity contribution in [2.75, 3.05) is 26.3 Å². The van der Waals surface area contributed by atoms with E-state index in [2.05, 4.69) is 17.4 Å². The molecule has 0 spiro atoms. The topological polar surface area (TPSA) is 78.9 Å². The maximum Gasteiger partial charge on any atom is 0.332 e. The SMILES string of the molecule is O=C(NC1(C(=O)O)CCOC1)N1CCC(Cc2ccccc2)CC1. The van der Waals surface area contributed by atoms with E-state index in [1.54, 1.807) is 4.90 Å². The van der Waals surface area contributed by atoms with Gasteiger partial charge in [0.25, 0.3) is 0 Å². The average molecular weight is 332 g/mol. The zero-order chi connectivity index (χ0) is 17.0. The van der Waals surface area contributed by atoms with E-state index >= 15 is 0 Å². The average Bonchev–Trinajstić information content (AvgIpc) is 3.06. The summed E-state index contributed by atoms with van der Waals surface area (Å²) in [5.41, 5.74) is 0.0613. The number of aliphatic carboxylic acids is 1. The lowest BCUT2D eigenvalue weighted by atomic mass is 9.90. The fourth-order valence-electron chi connectivity index (χ4n) is 3.46. The molecule has 6 heteroatoms. The van der Waals surface area contributed by atoms with Gasteiger partial charge in [0.15, 0.2) is 5.54 Å². The molecule has 2 amide bonds. The van der Waals surface area contributed by atoms with E-state index in [1.165, 1.54) is 5.56 Å². The van der Waals surface area contributed by atoms with Crippen molar-refractivity contribution >= 4 is 12.0 Å². The highest BCUT2D eigenvalue weighted by atomic mass is 16.5. The van der Waals surface area contributed by atoms with Crippen LogP contribution in [0.3, 0.4) is 0 Å². The lowest BCUT2D eigenvalue weighted by molar-refractivity contribution is -0.144. The molecule has 0 aliphatic carbocycles. The second-order valence-corrected chi connectivity index (χ2v) is 6.74. The van der Waals surface area contributed by atoms with Crippen molar-refractivity contribution in [2.24, 2.45) is 5.92 Å². The monoisotopic (exact) mass is 332 g/mol. The number of hydrogen-bond donors (Lipinski definition) is 2. The van der Waals surface area contributed by atoms with Crippen LogP contribution in [0.25, 0.3) is 0 Å². The van der Waals surface area contributed by atoms with Crippen molar-refractivity contribution in [3.05, 3.63) is 35.9 Å². The zero-order valence-electron chi connectivity index (χ0n) is 13.7. The normalized spacial score (nSPS) is 24.8. The first-order valence-corrected chi connectivity index (χ1v) is 8.51. The number of carbonyl (C=O) groups excluding carboxylic acids is 1. The van der Waals surface area contributed by atoms with Crippen LogP contribution in [0.4, 0.5) is 4.79 Å². The number of carboxylic acid groups (broad SMARTS) is 1. The van der Waals surface area contributed by atoms with Crippen LogP contribution in [0, 0.1) is 5.92 Å². The van der Waals surface area contributed by atoms with Crippen LogP contribution >= 0.6 is 0 Å². The smallest absolute Gasteiger partial charge is 0.332 e. The van der Waals surface area contributed by atoms with Crippen LogP contribution < -0.4 is 5.32 Å².